The molecule has 2 unspecified atom stereocenters. The van der Waals surface area contributed by atoms with Crippen LogP contribution in [0.4, 0.5) is 0 Å². The Bertz CT molecular complexity index is 734. The van der Waals surface area contributed by atoms with Crippen molar-refractivity contribution < 1.29 is 8.42 Å². The first-order chi connectivity index (χ1) is 10.1. The Balaban J connectivity index is 0.00000176. The second-order valence-electron chi connectivity index (χ2n) is 5.40. The van der Waals surface area contributed by atoms with Crippen molar-refractivity contribution in [2.24, 2.45) is 11.7 Å². The average molecular weight is 363 g/mol. The minimum atomic E-state index is -3.60. The van der Waals surface area contributed by atoms with Gasteiger partial charge in [-0.15, -0.1) is 12.4 Å². The summed E-state index contributed by atoms with van der Waals surface area (Å²) >= 11 is 1.02. The SMILES string of the molecule is Cl.NCC1CCCCC1NS(=O)(=O)c1cccc2nsnc12. The van der Waals surface area contributed by atoms with Gasteiger partial charge in [-0.3, -0.25) is 0 Å². The van der Waals surface area contributed by atoms with Gasteiger partial charge in [-0.1, -0.05) is 18.9 Å². The quantitative estimate of drug-likeness (QED) is 0.865. The van der Waals surface area contributed by atoms with Gasteiger partial charge in [0.25, 0.3) is 0 Å². The lowest BCUT2D eigenvalue weighted by molar-refractivity contribution is 0.296. The predicted molar refractivity (Wildman–Crippen MR) is 89.8 cm³/mol. The van der Waals surface area contributed by atoms with Crippen LogP contribution in [0.1, 0.15) is 25.7 Å². The smallest absolute Gasteiger partial charge is 0.243 e. The largest absolute Gasteiger partial charge is 0.330 e. The monoisotopic (exact) mass is 362 g/mol. The number of hydrogen-bond acceptors (Lipinski definition) is 6. The molecular weight excluding hydrogens is 344 g/mol. The van der Waals surface area contributed by atoms with E-state index in [2.05, 4.69) is 13.5 Å². The highest BCUT2D eigenvalue weighted by atomic mass is 35.5. The maximum Gasteiger partial charge on any atom is 0.243 e. The number of hydrogen-bond donors (Lipinski definition) is 2. The Kier molecular flexibility index (Phi) is 5.73. The third kappa shape index (κ3) is 3.41. The summed E-state index contributed by atoms with van der Waals surface area (Å²) in [6.45, 7) is 0.510. The van der Waals surface area contributed by atoms with Crippen LogP contribution in [0.25, 0.3) is 11.0 Å². The third-order valence-electron chi connectivity index (χ3n) is 4.06. The lowest BCUT2D eigenvalue weighted by Crippen LogP contribution is -2.44. The number of nitrogens with zero attached hydrogens (tertiary/aromatic N) is 2. The van der Waals surface area contributed by atoms with Crippen molar-refractivity contribution in [3.8, 4) is 0 Å². The molecule has 1 fully saturated rings. The molecule has 6 nitrogen and oxygen atoms in total. The minimum Gasteiger partial charge on any atom is -0.330 e. The molecule has 2 aromatic rings. The Hall–Kier alpha value is -0.800. The van der Waals surface area contributed by atoms with E-state index in [1.54, 1.807) is 18.2 Å². The summed E-state index contributed by atoms with van der Waals surface area (Å²) in [5, 5.41) is 0. The van der Waals surface area contributed by atoms with Gasteiger partial charge in [0.05, 0.1) is 11.7 Å². The molecule has 2 atom stereocenters. The summed E-state index contributed by atoms with van der Waals surface area (Å²) in [7, 11) is -3.60. The number of nitrogens with two attached hydrogens (primary N) is 1. The Labute approximate surface area is 140 Å². The molecule has 0 radical (unpaired) electrons. The van der Waals surface area contributed by atoms with E-state index in [9.17, 15) is 8.42 Å². The normalized spacial score (nSPS) is 22.4. The van der Waals surface area contributed by atoms with Crippen molar-refractivity contribution in [1.82, 2.24) is 13.5 Å². The number of nitrogens with one attached hydrogen (secondary N) is 1. The zero-order chi connectivity index (χ0) is 14.9. The second kappa shape index (κ2) is 7.18. The van der Waals surface area contributed by atoms with E-state index in [1.165, 1.54) is 0 Å². The van der Waals surface area contributed by atoms with E-state index in [4.69, 9.17) is 5.73 Å². The fourth-order valence-corrected chi connectivity index (χ4v) is 5.01. The van der Waals surface area contributed by atoms with Gasteiger partial charge in [-0.25, -0.2) is 13.1 Å². The number of sulfonamides is 1. The Morgan fingerprint density at radius 3 is 2.82 bits per heavy atom. The maximum atomic E-state index is 12.7. The van der Waals surface area contributed by atoms with Gasteiger partial charge in [0.15, 0.2) is 0 Å². The number of fused-ring (bicyclic) bond motifs is 1. The van der Waals surface area contributed by atoms with E-state index in [0.717, 1.165) is 37.4 Å². The van der Waals surface area contributed by atoms with Crippen LogP contribution in [0.5, 0.6) is 0 Å². The lowest BCUT2D eigenvalue weighted by Gasteiger charge is -2.31. The van der Waals surface area contributed by atoms with Crippen molar-refractivity contribution in [2.45, 2.75) is 36.6 Å². The van der Waals surface area contributed by atoms with Gasteiger partial charge >= 0.3 is 0 Å². The van der Waals surface area contributed by atoms with E-state index in [1.807, 2.05) is 0 Å². The first kappa shape index (κ1) is 17.6. The average Bonchev–Trinajstić information content (AvgIpc) is 2.95. The summed E-state index contributed by atoms with van der Waals surface area (Å²) in [6.07, 6.45) is 3.97. The zero-order valence-corrected chi connectivity index (χ0v) is 14.4. The molecule has 0 aliphatic heterocycles. The van der Waals surface area contributed by atoms with Crippen molar-refractivity contribution in [1.29, 1.82) is 0 Å². The highest BCUT2D eigenvalue weighted by Gasteiger charge is 2.29. The fraction of sp³-hybridized carbons (Fsp3) is 0.538. The molecule has 0 spiro atoms. The highest BCUT2D eigenvalue weighted by Crippen LogP contribution is 2.27. The first-order valence-electron chi connectivity index (χ1n) is 7.05. The minimum absolute atomic E-state index is 0. The van der Waals surface area contributed by atoms with Crippen LogP contribution in [0, 0.1) is 5.92 Å². The van der Waals surface area contributed by atoms with Crippen LogP contribution >= 0.6 is 24.1 Å². The molecule has 9 heteroatoms. The molecule has 3 N–H and O–H groups in total. The van der Waals surface area contributed by atoms with Gasteiger partial charge < -0.3 is 5.73 Å². The number of halogens is 1. The Morgan fingerprint density at radius 1 is 1.27 bits per heavy atom. The molecule has 0 amide bonds. The predicted octanol–water partition coefficient (Wildman–Crippen LogP) is 1.91. The van der Waals surface area contributed by atoms with E-state index in [-0.39, 0.29) is 29.3 Å². The van der Waals surface area contributed by atoms with Crippen LogP contribution in [-0.2, 0) is 10.0 Å². The third-order valence-corrected chi connectivity index (χ3v) is 6.12. The molecule has 1 aliphatic rings. The molecule has 1 aromatic carbocycles. The number of aromatic nitrogens is 2. The summed E-state index contributed by atoms with van der Waals surface area (Å²) in [5.41, 5.74) is 6.82. The molecule has 0 saturated heterocycles. The lowest BCUT2D eigenvalue weighted by atomic mass is 9.85. The van der Waals surface area contributed by atoms with Crippen LogP contribution in [0.15, 0.2) is 23.1 Å². The second-order valence-corrected chi connectivity index (χ2v) is 7.61. The Morgan fingerprint density at radius 2 is 2.05 bits per heavy atom. The molecule has 122 valence electrons. The highest BCUT2D eigenvalue weighted by molar-refractivity contribution is 7.89. The summed E-state index contributed by atoms with van der Waals surface area (Å²) < 4.78 is 36.3. The molecule has 1 heterocycles. The molecule has 0 bridgehead atoms. The molecular formula is C13H19ClN4O2S2. The van der Waals surface area contributed by atoms with Crippen molar-refractivity contribution in [3.63, 3.8) is 0 Å². The number of benzene rings is 1. The van der Waals surface area contributed by atoms with E-state index in [0.29, 0.717) is 17.6 Å². The van der Waals surface area contributed by atoms with Crippen LogP contribution in [0.3, 0.4) is 0 Å². The van der Waals surface area contributed by atoms with Crippen LogP contribution < -0.4 is 10.5 Å². The molecule has 3 rings (SSSR count). The van der Waals surface area contributed by atoms with Gasteiger partial charge in [0.2, 0.25) is 10.0 Å². The zero-order valence-electron chi connectivity index (χ0n) is 11.9. The molecule has 1 saturated carbocycles. The standard InChI is InChI=1S/C13H18N4O2S2.ClH/c14-8-9-4-1-2-5-10(9)17-21(18,19)12-7-3-6-11-13(12)16-20-15-11;/h3,6-7,9-10,17H,1-2,4-5,8,14H2;1H. The van der Waals surface area contributed by atoms with E-state index >= 15 is 0 Å². The van der Waals surface area contributed by atoms with Crippen molar-refractivity contribution >= 4 is 45.2 Å². The fourth-order valence-electron chi connectivity index (χ4n) is 2.91. The van der Waals surface area contributed by atoms with Gasteiger partial charge in [0, 0.05) is 6.04 Å². The van der Waals surface area contributed by atoms with Gasteiger partial charge in [0.1, 0.15) is 15.9 Å². The van der Waals surface area contributed by atoms with Crippen LogP contribution in [0.2, 0.25) is 0 Å². The summed E-state index contributed by atoms with van der Waals surface area (Å²) in [5.74, 6) is 0.210. The van der Waals surface area contributed by atoms with Gasteiger partial charge in [-0.2, -0.15) is 8.75 Å². The first-order valence-corrected chi connectivity index (χ1v) is 9.27. The molecule has 22 heavy (non-hydrogen) atoms. The summed E-state index contributed by atoms with van der Waals surface area (Å²) in [6, 6.07) is 4.95. The number of rotatable bonds is 4. The maximum absolute atomic E-state index is 12.7. The van der Waals surface area contributed by atoms with Crippen LogP contribution in [-0.4, -0.2) is 29.8 Å². The van der Waals surface area contributed by atoms with Gasteiger partial charge in [-0.05, 0) is 37.4 Å². The topological polar surface area (TPSA) is 98.0 Å². The van der Waals surface area contributed by atoms with E-state index < -0.39 is 10.0 Å². The molecule has 1 aromatic heterocycles. The molecule has 1 aliphatic carbocycles. The van der Waals surface area contributed by atoms with Crippen molar-refractivity contribution in [3.05, 3.63) is 18.2 Å². The van der Waals surface area contributed by atoms with Crippen molar-refractivity contribution in [2.75, 3.05) is 6.54 Å². The summed E-state index contributed by atoms with van der Waals surface area (Å²) in [4.78, 5) is 0.204.